The number of aryl methyl sites for hydroxylation is 1. The lowest BCUT2D eigenvalue weighted by atomic mass is 10.2. The summed E-state index contributed by atoms with van der Waals surface area (Å²) >= 11 is 0. The van der Waals surface area contributed by atoms with Crippen LogP contribution < -0.4 is 10.2 Å². The topological polar surface area (TPSA) is 61.4 Å². The fourth-order valence-corrected chi connectivity index (χ4v) is 2.29. The van der Waals surface area contributed by atoms with Crippen LogP contribution in [-0.2, 0) is 6.54 Å². The summed E-state index contributed by atoms with van der Waals surface area (Å²) in [5.41, 5.74) is 1.59. The number of likely N-dealkylation sites (N-methyl/N-ethyl adjacent to an activating group) is 1. The van der Waals surface area contributed by atoms with E-state index in [-0.39, 0.29) is 5.91 Å². The third-order valence-electron chi connectivity index (χ3n) is 3.56. The molecule has 0 radical (unpaired) electrons. The zero-order valence-electron chi connectivity index (χ0n) is 14.8. The zero-order valence-corrected chi connectivity index (χ0v) is 14.8. The van der Waals surface area contributed by atoms with Gasteiger partial charge in [0.2, 0.25) is 0 Å². The van der Waals surface area contributed by atoms with Crippen molar-refractivity contribution in [2.24, 2.45) is 0 Å². The molecule has 6 heteroatoms. The van der Waals surface area contributed by atoms with Crippen LogP contribution in [-0.4, -0.2) is 55.0 Å². The van der Waals surface area contributed by atoms with Gasteiger partial charge >= 0.3 is 0 Å². The maximum atomic E-state index is 12.3. The van der Waals surface area contributed by atoms with Crippen LogP contribution in [0.5, 0.6) is 0 Å². The van der Waals surface area contributed by atoms with E-state index in [1.807, 2.05) is 49.1 Å². The average Bonchev–Trinajstić information content (AvgIpc) is 2.54. The number of anilines is 1. The molecule has 0 fully saturated rings. The molecule has 1 aromatic heterocycles. The van der Waals surface area contributed by atoms with Gasteiger partial charge in [-0.1, -0.05) is 30.3 Å². The molecule has 1 heterocycles. The smallest absolute Gasteiger partial charge is 0.270 e. The van der Waals surface area contributed by atoms with Crippen LogP contribution in [0.4, 0.5) is 5.82 Å². The number of carbonyl (C=O) groups excluding carboxylic acids is 1. The van der Waals surface area contributed by atoms with Crippen molar-refractivity contribution in [1.29, 1.82) is 0 Å². The third kappa shape index (κ3) is 5.31. The fourth-order valence-electron chi connectivity index (χ4n) is 2.29. The zero-order chi connectivity index (χ0) is 17.5. The van der Waals surface area contributed by atoms with E-state index < -0.39 is 0 Å². The minimum absolute atomic E-state index is 0.170. The Balaban J connectivity index is 2.08. The third-order valence-corrected chi connectivity index (χ3v) is 3.56. The summed E-state index contributed by atoms with van der Waals surface area (Å²) < 4.78 is 0. The summed E-state index contributed by atoms with van der Waals surface area (Å²) in [5, 5.41) is 2.88. The van der Waals surface area contributed by atoms with Crippen molar-refractivity contribution in [3.8, 4) is 0 Å². The lowest BCUT2D eigenvalue weighted by molar-refractivity contribution is 0.0945. The van der Waals surface area contributed by atoms with Crippen molar-refractivity contribution in [1.82, 2.24) is 20.2 Å². The Kier molecular flexibility index (Phi) is 6.26. The maximum Gasteiger partial charge on any atom is 0.270 e. The van der Waals surface area contributed by atoms with E-state index in [0.29, 0.717) is 18.1 Å². The summed E-state index contributed by atoms with van der Waals surface area (Å²) in [4.78, 5) is 25.0. The van der Waals surface area contributed by atoms with E-state index in [0.717, 1.165) is 18.9 Å². The first-order valence-electron chi connectivity index (χ1n) is 7.99. The summed E-state index contributed by atoms with van der Waals surface area (Å²) in [7, 11) is 5.90. The van der Waals surface area contributed by atoms with Gasteiger partial charge in [0.25, 0.3) is 5.91 Å². The monoisotopic (exact) mass is 327 g/mol. The molecule has 0 aliphatic carbocycles. The number of amides is 1. The van der Waals surface area contributed by atoms with Gasteiger partial charge in [-0.25, -0.2) is 9.97 Å². The number of nitrogens with one attached hydrogen (secondary N) is 1. The van der Waals surface area contributed by atoms with Crippen LogP contribution in [0.1, 0.15) is 21.9 Å². The van der Waals surface area contributed by atoms with Crippen LogP contribution in [0.25, 0.3) is 0 Å². The Morgan fingerprint density at radius 2 is 1.83 bits per heavy atom. The highest BCUT2D eigenvalue weighted by molar-refractivity contribution is 5.92. The second-order valence-electron chi connectivity index (χ2n) is 6.06. The lowest BCUT2D eigenvalue weighted by Crippen LogP contribution is -2.32. The molecule has 0 unspecified atom stereocenters. The average molecular weight is 327 g/mol. The molecule has 1 aromatic carbocycles. The molecule has 24 heavy (non-hydrogen) atoms. The Bertz CT molecular complexity index is 672. The first kappa shape index (κ1) is 17.9. The maximum absolute atomic E-state index is 12.3. The molecule has 2 rings (SSSR count). The van der Waals surface area contributed by atoms with Crippen LogP contribution in [0.2, 0.25) is 0 Å². The summed E-state index contributed by atoms with van der Waals surface area (Å²) in [6.07, 6.45) is 0. The Morgan fingerprint density at radius 1 is 1.12 bits per heavy atom. The lowest BCUT2D eigenvalue weighted by Gasteiger charge is -2.19. The summed E-state index contributed by atoms with van der Waals surface area (Å²) in [6, 6.07) is 11.9. The van der Waals surface area contributed by atoms with E-state index in [2.05, 4.69) is 27.4 Å². The number of benzene rings is 1. The molecule has 0 spiro atoms. The van der Waals surface area contributed by atoms with Crippen molar-refractivity contribution in [2.75, 3.05) is 39.1 Å². The molecular weight excluding hydrogens is 302 g/mol. The standard InChI is InChI=1S/C18H25N5O/c1-14-20-16(18(24)19-10-11-22(2)3)12-17(21-14)23(4)13-15-8-6-5-7-9-15/h5-9,12H,10-11,13H2,1-4H3,(H,19,24). The van der Waals surface area contributed by atoms with Crippen molar-refractivity contribution in [2.45, 2.75) is 13.5 Å². The Labute approximate surface area is 143 Å². The predicted octanol–water partition coefficient (Wildman–Crippen LogP) is 1.71. The van der Waals surface area contributed by atoms with Crippen molar-refractivity contribution >= 4 is 11.7 Å². The fraction of sp³-hybridized carbons (Fsp3) is 0.389. The van der Waals surface area contributed by atoms with Crippen LogP contribution in [0, 0.1) is 6.92 Å². The molecule has 6 nitrogen and oxygen atoms in total. The predicted molar refractivity (Wildman–Crippen MR) is 96.2 cm³/mol. The molecule has 1 N–H and O–H groups in total. The molecule has 0 aliphatic heterocycles. The minimum Gasteiger partial charge on any atom is -0.355 e. The molecule has 0 atom stereocenters. The van der Waals surface area contributed by atoms with E-state index >= 15 is 0 Å². The second kappa shape index (κ2) is 8.40. The molecule has 128 valence electrons. The van der Waals surface area contributed by atoms with E-state index in [9.17, 15) is 4.79 Å². The highest BCUT2D eigenvalue weighted by Crippen LogP contribution is 2.14. The van der Waals surface area contributed by atoms with Crippen molar-refractivity contribution in [3.05, 3.63) is 53.5 Å². The minimum atomic E-state index is -0.170. The van der Waals surface area contributed by atoms with Gasteiger partial charge < -0.3 is 15.1 Å². The van der Waals surface area contributed by atoms with Gasteiger partial charge in [0.15, 0.2) is 0 Å². The van der Waals surface area contributed by atoms with Crippen molar-refractivity contribution in [3.63, 3.8) is 0 Å². The number of nitrogens with zero attached hydrogens (tertiary/aromatic N) is 4. The first-order chi connectivity index (χ1) is 11.5. The van der Waals surface area contributed by atoms with E-state index in [4.69, 9.17) is 0 Å². The van der Waals surface area contributed by atoms with Gasteiger partial charge in [0, 0.05) is 32.7 Å². The number of hydrogen-bond donors (Lipinski definition) is 1. The Hall–Kier alpha value is -2.47. The van der Waals surface area contributed by atoms with Gasteiger partial charge in [0.05, 0.1) is 0 Å². The normalized spacial score (nSPS) is 10.7. The van der Waals surface area contributed by atoms with Gasteiger partial charge in [-0.15, -0.1) is 0 Å². The van der Waals surface area contributed by atoms with E-state index in [1.165, 1.54) is 5.56 Å². The molecular formula is C18H25N5O. The highest BCUT2D eigenvalue weighted by atomic mass is 16.1. The molecule has 0 bridgehead atoms. The van der Waals surface area contributed by atoms with Crippen molar-refractivity contribution < 1.29 is 4.79 Å². The first-order valence-corrected chi connectivity index (χ1v) is 7.99. The quantitative estimate of drug-likeness (QED) is 0.839. The number of hydrogen-bond acceptors (Lipinski definition) is 5. The largest absolute Gasteiger partial charge is 0.355 e. The van der Waals surface area contributed by atoms with Gasteiger partial charge in [-0.3, -0.25) is 4.79 Å². The molecule has 0 saturated heterocycles. The van der Waals surface area contributed by atoms with Gasteiger partial charge in [0.1, 0.15) is 17.3 Å². The van der Waals surface area contributed by atoms with Crippen LogP contribution in [0.3, 0.4) is 0 Å². The van der Waals surface area contributed by atoms with Gasteiger partial charge in [-0.2, -0.15) is 0 Å². The molecule has 0 saturated carbocycles. The van der Waals surface area contributed by atoms with Gasteiger partial charge in [-0.05, 0) is 26.6 Å². The van der Waals surface area contributed by atoms with Crippen LogP contribution in [0.15, 0.2) is 36.4 Å². The number of rotatable bonds is 7. The van der Waals surface area contributed by atoms with Crippen LogP contribution >= 0.6 is 0 Å². The summed E-state index contributed by atoms with van der Waals surface area (Å²) in [6.45, 7) is 3.90. The van der Waals surface area contributed by atoms with E-state index in [1.54, 1.807) is 13.0 Å². The molecule has 1 amide bonds. The second-order valence-corrected chi connectivity index (χ2v) is 6.06. The number of aromatic nitrogens is 2. The summed E-state index contributed by atoms with van der Waals surface area (Å²) in [5.74, 6) is 1.16. The SMILES string of the molecule is Cc1nc(C(=O)NCCN(C)C)cc(N(C)Cc2ccccc2)n1. The molecule has 2 aromatic rings. The number of carbonyl (C=O) groups is 1. The Morgan fingerprint density at radius 3 is 2.50 bits per heavy atom. The molecule has 0 aliphatic rings. The highest BCUT2D eigenvalue weighted by Gasteiger charge is 2.12.